The maximum absolute atomic E-state index is 13.1. The van der Waals surface area contributed by atoms with Crippen LogP contribution in [0.4, 0.5) is 11.4 Å². The number of sulfonamides is 1. The summed E-state index contributed by atoms with van der Waals surface area (Å²) < 4.78 is 25.8. The molecule has 1 atom stereocenters. The van der Waals surface area contributed by atoms with Crippen LogP contribution in [0.2, 0.25) is 0 Å². The van der Waals surface area contributed by atoms with Gasteiger partial charge in [-0.2, -0.15) is 0 Å². The molecule has 2 aliphatic rings. The largest absolute Gasteiger partial charge is 0.365 e. The Labute approximate surface area is 172 Å². The molecule has 2 aromatic carbocycles. The van der Waals surface area contributed by atoms with Crippen LogP contribution in [0.15, 0.2) is 48.5 Å². The SMILES string of the molecule is Cc1ccc(N2CCN(C(=O)c3cccc(N4CCCS4(=O)=O)c3)C[C@H]2C)cc1. The summed E-state index contributed by atoms with van der Waals surface area (Å²) in [5, 5.41) is 0. The number of rotatable bonds is 3. The number of piperazine rings is 1. The Bertz CT molecular complexity index is 1000. The van der Waals surface area contributed by atoms with E-state index in [1.54, 1.807) is 24.3 Å². The summed E-state index contributed by atoms with van der Waals surface area (Å²) in [5.74, 6) is 0.128. The van der Waals surface area contributed by atoms with Gasteiger partial charge in [-0.1, -0.05) is 23.8 Å². The lowest BCUT2D eigenvalue weighted by Crippen LogP contribution is -2.53. The van der Waals surface area contributed by atoms with Crippen molar-refractivity contribution in [3.8, 4) is 0 Å². The normalized spacial score (nSPS) is 21.4. The number of hydrogen-bond donors (Lipinski definition) is 0. The summed E-state index contributed by atoms with van der Waals surface area (Å²) in [6.45, 7) is 6.74. The van der Waals surface area contributed by atoms with Gasteiger partial charge in [-0.3, -0.25) is 9.10 Å². The third-order valence-electron chi connectivity index (χ3n) is 5.76. The van der Waals surface area contributed by atoms with Crippen molar-refractivity contribution < 1.29 is 13.2 Å². The molecule has 2 fully saturated rings. The molecule has 0 radical (unpaired) electrons. The van der Waals surface area contributed by atoms with Crippen LogP contribution < -0.4 is 9.21 Å². The summed E-state index contributed by atoms with van der Waals surface area (Å²) in [4.78, 5) is 17.3. The lowest BCUT2D eigenvalue weighted by molar-refractivity contribution is 0.0726. The van der Waals surface area contributed by atoms with Crippen LogP contribution in [0.5, 0.6) is 0 Å². The Morgan fingerprint density at radius 2 is 1.76 bits per heavy atom. The second kappa shape index (κ2) is 7.71. The molecule has 2 heterocycles. The third-order valence-corrected chi connectivity index (χ3v) is 7.63. The van der Waals surface area contributed by atoms with E-state index in [0.29, 0.717) is 37.3 Å². The molecule has 6 nitrogen and oxygen atoms in total. The van der Waals surface area contributed by atoms with Gasteiger partial charge in [-0.05, 0) is 50.6 Å². The second-order valence-corrected chi connectivity index (χ2v) is 9.93. The van der Waals surface area contributed by atoms with E-state index in [2.05, 4.69) is 43.0 Å². The quantitative estimate of drug-likeness (QED) is 0.776. The van der Waals surface area contributed by atoms with E-state index in [4.69, 9.17) is 0 Å². The highest BCUT2D eigenvalue weighted by Crippen LogP contribution is 2.26. The summed E-state index contributed by atoms with van der Waals surface area (Å²) in [5.41, 5.74) is 3.53. The lowest BCUT2D eigenvalue weighted by Gasteiger charge is -2.41. The Balaban J connectivity index is 1.48. The Morgan fingerprint density at radius 3 is 2.41 bits per heavy atom. The molecule has 29 heavy (non-hydrogen) atoms. The van der Waals surface area contributed by atoms with Crippen molar-refractivity contribution in [2.24, 2.45) is 0 Å². The lowest BCUT2D eigenvalue weighted by atomic mass is 10.1. The molecule has 0 unspecified atom stereocenters. The number of aryl methyl sites for hydroxylation is 1. The van der Waals surface area contributed by atoms with E-state index in [9.17, 15) is 13.2 Å². The first kappa shape index (κ1) is 19.8. The van der Waals surface area contributed by atoms with Crippen molar-refractivity contribution in [1.29, 1.82) is 0 Å². The van der Waals surface area contributed by atoms with Crippen molar-refractivity contribution >= 4 is 27.3 Å². The van der Waals surface area contributed by atoms with Gasteiger partial charge < -0.3 is 9.80 Å². The number of anilines is 2. The van der Waals surface area contributed by atoms with Gasteiger partial charge in [0.05, 0.1) is 11.4 Å². The number of amides is 1. The molecule has 154 valence electrons. The predicted molar refractivity (Wildman–Crippen MR) is 116 cm³/mol. The van der Waals surface area contributed by atoms with E-state index < -0.39 is 10.0 Å². The number of carbonyl (C=O) groups excluding carboxylic acids is 1. The highest BCUT2D eigenvalue weighted by molar-refractivity contribution is 7.93. The van der Waals surface area contributed by atoms with Gasteiger partial charge in [-0.15, -0.1) is 0 Å². The Kier molecular flexibility index (Phi) is 5.25. The molecule has 0 aromatic heterocycles. The van der Waals surface area contributed by atoms with Crippen LogP contribution in [0.1, 0.15) is 29.3 Å². The van der Waals surface area contributed by atoms with E-state index in [-0.39, 0.29) is 17.7 Å². The fraction of sp³-hybridized carbons (Fsp3) is 0.409. The van der Waals surface area contributed by atoms with Gasteiger partial charge in [0.1, 0.15) is 0 Å². The topological polar surface area (TPSA) is 60.9 Å². The van der Waals surface area contributed by atoms with Crippen molar-refractivity contribution in [2.75, 3.05) is 41.1 Å². The monoisotopic (exact) mass is 413 g/mol. The highest BCUT2D eigenvalue weighted by atomic mass is 32.2. The van der Waals surface area contributed by atoms with E-state index in [1.807, 2.05) is 4.90 Å². The minimum Gasteiger partial charge on any atom is -0.365 e. The first-order valence-corrected chi connectivity index (χ1v) is 11.7. The van der Waals surface area contributed by atoms with E-state index in [0.717, 1.165) is 6.54 Å². The van der Waals surface area contributed by atoms with Crippen LogP contribution in [0, 0.1) is 6.92 Å². The van der Waals surface area contributed by atoms with E-state index >= 15 is 0 Å². The third kappa shape index (κ3) is 3.96. The maximum Gasteiger partial charge on any atom is 0.254 e. The standard InChI is InChI=1S/C22H27N3O3S/c1-17-7-9-20(10-8-17)24-13-12-23(16-18(24)2)22(26)19-5-3-6-21(15-19)25-11-4-14-29(25,27)28/h3,5-10,15,18H,4,11-14,16H2,1-2H3/t18-/m1/s1. The minimum atomic E-state index is -3.26. The zero-order valence-electron chi connectivity index (χ0n) is 16.9. The predicted octanol–water partition coefficient (Wildman–Crippen LogP) is 2.89. The van der Waals surface area contributed by atoms with Crippen molar-refractivity contribution in [1.82, 2.24) is 4.90 Å². The Hall–Kier alpha value is -2.54. The van der Waals surface area contributed by atoms with Crippen molar-refractivity contribution in [3.63, 3.8) is 0 Å². The molecule has 1 amide bonds. The number of hydrogen-bond acceptors (Lipinski definition) is 4. The summed E-state index contributed by atoms with van der Waals surface area (Å²) >= 11 is 0. The molecular formula is C22H27N3O3S. The first-order valence-electron chi connectivity index (χ1n) is 10.1. The molecule has 2 aliphatic heterocycles. The second-order valence-electron chi connectivity index (χ2n) is 7.92. The van der Waals surface area contributed by atoms with Gasteiger partial charge in [0.15, 0.2) is 0 Å². The zero-order valence-corrected chi connectivity index (χ0v) is 17.7. The maximum atomic E-state index is 13.1. The molecule has 7 heteroatoms. The molecule has 4 rings (SSSR count). The van der Waals surface area contributed by atoms with Crippen LogP contribution in [0.3, 0.4) is 0 Å². The number of benzene rings is 2. The smallest absolute Gasteiger partial charge is 0.254 e. The van der Waals surface area contributed by atoms with Crippen molar-refractivity contribution in [3.05, 3.63) is 59.7 Å². The fourth-order valence-corrected chi connectivity index (χ4v) is 5.72. The molecular weight excluding hydrogens is 386 g/mol. The molecule has 2 aromatic rings. The minimum absolute atomic E-state index is 0.0427. The van der Waals surface area contributed by atoms with Gasteiger partial charge >= 0.3 is 0 Å². The molecule has 0 saturated carbocycles. The number of carbonyl (C=O) groups is 1. The zero-order chi connectivity index (χ0) is 20.6. The molecule has 0 bridgehead atoms. The van der Waals surface area contributed by atoms with Gasteiger partial charge in [0.2, 0.25) is 10.0 Å². The summed E-state index contributed by atoms with van der Waals surface area (Å²) in [6.07, 6.45) is 0.624. The fourth-order valence-electron chi connectivity index (χ4n) is 4.17. The average Bonchev–Trinajstić information content (AvgIpc) is 3.07. The van der Waals surface area contributed by atoms with Crippen LogP contribution >= 0.6 is 0 Å². The van der Waals surface area contributed by atoms with Crippen LogP contribution in [-0.4, -0.2) is 57.2 Å². The van der Waals surface area contributed by atoms with Crippen LogP contribution in [0.25, 0.3) is 0 Å². The Morgan fingerprint density at radius 1 is 1.00 bits per heavy atom. The van der Waals surface area contributed by atoms with Crippen LogP contribution in [-0.2, 0) is 10.0 Å². The van der Waals surface area contributed by atoms with Gasteiger partial charge in [0.25, 0.3) is 5.91 Å². The molecule has 0 N–H and O–H groups in total. The van der Waals surface area contributed by atoms with Crippen molar-refractivity contribution in [2.45, 2.75) is 26.3 Å². The van der Waals surface area contributed by atoms with E-state index in [1.165, 1.54) is 15.6 Å². The highest BCUT2D eigenvalue weighted by Gasteiger charge is 2.30. The molecule has 2 saturated heterocycles. The molecule has 0 spiro atoms. The average molecular weight is 414 g/mol. The van der Waals surface area contributed by atoms with Gasteiger partial charge in [-0.25, -0.2) is 8.42 Å². The number of nitrogens with zero attached hydrogens (tertiary/aromatic N) is 3. The summed E-state index contributed by atoms with van der Waals surface area (Å²) in [6, 6.07) is 15.7. The molecule has 0 aliphatic carbocycles. The summed E-state index contributed by atoms with van der Waals surface area (Å²) in [7, 11) is -3.26. The first-order chi connectivity index (χ1) is 13.8. The van der Waals surface area contributed by atoms with Gasteiger partial charge in [0, 0.05) is 43.5 Å².